The first-order valence-electron chi connectivity index (χ1n) is 2.56. The predicted octanol–water partition coefficient (Wildman–Crippen LogP) is 1.56. The van der Waals surface area contributed by atoms with Gasteiger partial charge in [0.2, 0.25) is 0 Å². The van der Waals surface area contributed by atoms with Crippen LogP contribution in [0.1, 0.15) is 20.3 Å². The van der Waals surface area contributed by atoms with E-state index in [0.29, 0.717) is 11.3 Å². The van der Waals surface area contributed by atoms with Crippen molar-refractivity contribution in [1.82, 2.24) is 0 Å². The van der Waals surface area contributed by atoms with Gasteiger partial charge >= 0.3 is 0 Å². The van der Waals surface area contributed by atoms with E-state index < -0.39 is 0 Å². The maximum Gasteiger partial charge on any atom is 0.0661 e. The average molecular weight is 95.1 g/mol. The highest BCUT2D eigenvalue weighted by Gasteiger charge is 2.45. The van der Waals surface area contributed by atoms with Crippen molar-refractivity contribution in [3.63, 3.8) is 0 Å². The predicted molar refractivity (Wildman–Crippen MR) is 27.5 cm³/mol. The third kappa shape index (κ3) is 0.608. The Bertz CT molecular complexity index is 119. The lowest BCUT2D eigenvalue weighted by Gasteiger charge is -1.90. The van der Waals surface area contributed by atoms with Crippen LogP contribution in [0.5, 0.6) is 0 Å². The molecule has 1 heteroatoms. The molecule has 0 spiro atoms. The van der Waals surface area contributed by atoms with Gasteiger partial charge in [-0.2, -0.15) is 5.26 Å². The SMILES string of the molecule is CC1(C)CC1C#N. The first-order valence-corrected chi connectivity index (χ1v) is 2.56. The Hall–Kier alpha value is -0.510. The lowest BCUT2D eigenvalue weighted by molar-refractivity contribution is 0.614. The molecule has 0 aromatic heterocycles. The quantitative estimate of drug-likeness (QED) is 0.448. The van der Waals surface area contributed by atoms with Gasteiger partial charge in [-0.3, -0.25) is 0 Å². The molecule has 0 saturated heterocycles. The van der Waals surface area contributed by atoms with Gasteiger partial charge < -0.3 is 0 Å². The summed E-state index contributed by atoms with van der Waals surface area (Å²) < 4.78 is 0. The molecule has 1 saturated carbocycles. The van der Waals surface area contributed by atoms with Crippen molar-refractivity contribution >= 4 is 0 Å². The van der Waals surface area contributed by atoms with E-state index in [1.165, 1.54) is 0 Å². The summed E-state index contributed by atoms with van der Waals surface area (Å²) in [5, 5.41) is 8.29. The molecule has 0 amide bonds. The molecule has 1 atom stereocenters. The van der Waals surface area contributed by atoms with Crippen LogP contribution >= 0.6 is 0 Å². The Morgan fingerprint density at radius 2 is 2.14 bits per heavy atom. The Morgan fingerprint density at radius 1 is 1.71 bits per heavy atom. The minimum absolute atomic E-state index is 0.354. The van der Waals surface area contributed by atoms with E-state index in [1.807, 2.05) is 0 Å². The summed E-state index contributed by atoms with van der Waals surface area (Å²) in [7, 11) is 0. The van der Waals surface area contributed by atoms with E-state index in [-0.39, 0.29) is 0 Å². The van der Waals surface area contributed by atoms with Crippen molar-refractivity contribution in [2.45, 2.75) is 20.3 Å². The largest absolute Gasteiger partial charge is 0.198 e. The van der Waals surface area contributed by atoms with E-state index in [4.69, 9.17) is 5.26 Å². The zero-order chi connectivity index (χ0) is 5.49. The lowest BCUT2D eigenvalue weighted by atomic mass is 10.1. The van der Waals surface area contributed by atoms with Crippen LogP contribution in [0, 0.1) is 22.7 Å². The molecule has 1 aliphatic carbocycles. The molecule has 38 valence electrons. The van der Waals surface area contributed by atoms with Crippen LogP contribution in [0.3, 0.4) is 0 Å². The summed E-state index contributed by atoms with van der Waals surface area (Å²) in [6.07, 6.45) is 1.10. The summed E-state index contributed by atoms with van der Waals surface area (Å²) in [5.41, 5.74) is 0.356. The Balaban J connectivity index is 2.49. The molecule has 1 aliphatic rings. The number of nitrogens with zero attached hydrogens (tertiary/aromatic N) is 1. The van der Waals surface area contributed by atoms with Crippen LogP contribution in [0.15, 0.2) is 0 Å². The summed E-state index contributed by atoms with van der Waals surface area (Å²) in [4.78, 5) is 0. The third-order valence-corrected chi connectivity index (χ3v) is 1.67. The molecule has 7 heavy (non-hydrogen) atoms. The summed E-state index contributed by atoms with van der Waals surface area (Å²) in [6.45, 7) is 4.25. The second-order valence-electron chi connectivity index (χ2n) is 2.87. The van der Waals surface area contributed by atoms with E-state index in [1.54, 1.807) is 0 Å². The fourth-order valence-corrected chi connectivity index (χ4v) is 0.688. The number of nitriles is 1. The van der Waals surface area contributed by atoms with Crippen LogP contribution in [-0.2, 0) is 0 Å². The molecule has 0 aliphatic heterocycles. The van der Waals surface area contributed by atoms with Gasteiger partial charge in [0, 0.05) is 0 Å². The number of hydrogen-bond donors (Lipinski definition) is 0. The topological polar surface area (TPSA) is 23.8 Å². The minimum atomic E-state index is 0.354. The molecule has 1 fully saturated rings. The van der Waals surface area contributed by atoms with E-state index in [0.717, 1.165) is 6.42 Å². The van der Waals surface area contributed by atoms with Crippen LogP contribution in [0.2, 0.25) is 0 Å². The van der Waals surface area contributed by atoms with Gasteiger partial charge in [-0.25, -0.2) is 0 Å². The van der Waals surface area contributed by atoms with Crippen molar-refractivity contribution in [1.29, 1.82) is 5.26 Å². The smallest absolute Gasteiger partial charge is 0.0661 e. The summed E-state index contributed by atoms with van der Waals surface area (Å²) >= 11 is 0. The number of rotatable bonds is 0. The standard InChI is InChI=1S/C6H9N/c1-6(2)3-5(6)4-7/h5H,3H2,1-2H3. The first-order chi connectivity index (χ1) is 3.17. The van der Waals surface area contributed by atoms with Crippen molar-refractivity contribution in [3.8, 4) is 6.07 Å². The van der Waals surface area contributed by atoms with Gasteiger partial charge in [0.25, 0.3) is 0 Å². The second-order valence-corrected chi connectivity index (χ2v) is 2.87. The molecular weight excluding hydrogens is 86.1 g/mol. The molecule has 1 nitrogen and oxygen atoms in total. The second kappa shape index (κ2) is 1.01. The number of hydrogen-bond acceptors (Lipinski definition) is 1. The third-order valence-electron chi connectivity index (χ3n) is 1.67. The monoisotopic (exact) mass is 95.1 g/mol. The Kier molecular flexibility index (Phi) is 0.667. The van der Waals surface area contributed by atoms with E-state index in [2.05, 4.69) is 19.9 Å². The highest BCUT2D eigenvalue weighted by atomic mass is 14.5. The molecule has 0 aromatic carbocycles. The molecular formula is C6H9N. The average Bonchev–Trinajstić information content (AvgIpc) is 2.13. The van der Waals surface area contributed by atoms with Gasteiger partial charge in [0.1, 0.15) is 0 Å². The fourth-order valence-electron chi connectivity index (χ4n) is 0.688. The van der Waals surface area contributed by atoms with Crippen LogP contribution in [0.25, 0.3) is 0 Å². The summed E-state index contributed by atoms with van der Waals surface area (Å²) in [5.74, 6) is 0.354. The lowest BCUT2D eigenvalue weighted by Crippen LogP contribution is -1.84. The maximum atomic E-state index is 8.29. The van der Waals surface area contributed by atoms with Crippen LogP contribution in [-0.4, -0.2) is 0 Å². The van der Waals surface area contributed by atoms with Crippen molar-refractivity contribution < 1.29 is 0 Å². The van der Waals surface area contributed by atoms with Gasteiger partial charge in [0.05, 0.1) is 12.0 Å². The normalized spacial score (nSPS) is 34.1. The maximum absolute atomic E-state index is 8.29. The van der Waals surface area contributed by atoms with Gasteiger partial charge in [-0.15, -0.1) is 0 Å². The molecule has 1 rings (SSSR count). The first kappa shape index (κ1) is 4.64. The molecule has 0 heterocycles. The minimum Gasteiger partial charge on any atom is -0.198 e. The molecule has 0 aromatic rings. The van der Waals surface area contributed by atoms with E-state index in [9.17, 15) is 0 Å². The van der Waals surface area contributed by atoms with Gasteiger partial charge in [0.15, 0.2) is 0 Å². The Labute approximate surface area is 44.0 Å². The van der Waals surface area contributed by atoms with Gasteiger partial charge in [-0.1, -0.05) is 13.8 Å². The van der Waals surface area contributed by atoms with Crippen molar-refractivity contribution in [2.75, 3.05) is 0 Å². The highest BCUT2D eigenvalue weighted by molar-refractivity contribution is 5.07. The van der Waals surface area contributed by atoms with Gasteiger partial charge in [-0.05, 0) is 11.8 Å². The zero-order valence-electron chi connectivity index (χ0n) is 4.73. The zero-order valence-corrected chi connectivity index (χ0v) is 4.73. The van der Waals surface area contributed by atoms with Crippen LogP contribution < -0.4 is 0 Å². The van der Waals surface area contributed by atoms with E-state index >= 15 is 0 Å². The molecule has 0 radical (unpaired) electrons. The Morgan fingerprint density at radius 3 is 2.14 bits per heavy atom. The molecule has 0 bridgehead atoms. The van der Waals surface area contributed by atoms with Crippen molar-refractivity contribution in [3.05, 3.63) is 0 Å². The molecule has 0 N–H and O–H groups in total. The van der Waals surface area contributed by atoms with Crippen molar-refractivity contribution in [2.24, 2.45) is 11.3 Å². The molecule has 1 unspecified atom stereocenters. The fraction of sp³-hybridized carbons (Fsp3) is 0.833. The highest BCUT2D eigenvalue weighted by Crippen LogP contribution is 2.50. The van der Waals surface area contributed by atoms with Crippen LogP contribution in [0.4, 0.5) is 0 Å². The summed E-state index contributed by atoms with van der Waals surface area (Å²) in [6, 6.07) is 2.23.